The topological polar surface area (TPSA) is 76.7 Å². The first-order valence-corrected chi connectivity index (χ1v) is 10.1. The van der Waals surface area contributed by atoms with Crippen molar-refractivity contribution in [1.29, 1.82) is 0 Å². The highest BCUT2D eigenvalue weighted by atomic mass is 19.4. The molecule has 4 rings (SSSR count). The molecule has 6 nitrogen and oxygen atoms in total. The molecule has 0 saturated heterocycles. The SMILES string of the molecule is CC1Oc2ccccc2OC1C(=O)Nc1ccc(NC(=O)c2ccccc2F)cc1C(F)(F)F. The van der Waals surface area contributed by atoms with Gasteiger partial charge in [0.05, 0.1) is 16.8 Å². The third-order valence-corrected chi connectivity index (χ3v) is 5.06. The van der Waals surface area contributed by atoms with Crippen LogP contribution in [0, 0.1) is 5.82 Å². The van der Waals surface area contributed by atoms with E-state index in [1.54, 1.807) is 31.2 Å². The van der Waals surface area contributed by atoms with E-state index in [1.807, 2.05) is 0 Å². The molecule has 0 aromatic heterocycles. The third-order valence-electron chi connectivity index (χ3n) is 5.06. The maximum Gasteiger partial charge on any atom is 0.418 e. The van der Waals surface area contributed by atoms with Crippen molar-refractivity contribution in [3.63, 3.8) is 0 Å². The van der Waals surface area contributed by atoms with E-state index >= 15 is 0 Å². The summed E-state index contributed by atoms with van der Waals surface area (Å²) < 4.78 is 66.3. The van der Waals surface area contributed by atoms with Crippen molar-refractivity contribution in [1.82, 2.24) is 0 Å². The molecular formula is C24H18F4N2O4. The van der Waals surface area contributed by atoms with E-state index in [2.05, 4.69) is 10.6 Å². The Hall–Kier alpha value is -4.08. The average molecular weight is 474 g/mol. The molecule has 2 N–H and O–H groups in total. The number of amides is 2. The second kappa shape index (κ2) is 9.05. The Morgan fingerprint density at radius 3 is 2.21 bits per heavy atom. The molecule has 10 heteroatoms. The monoisotopic (exact) mass is 474 g/mol. The van der Waals surface area contributed by atoms with Gasteiger partial charge in [-0.3, -0.25) is 9.59 Å². The maximum atomic E-state index is 13.8. The lowest BCUT2D eigenvalue weighted by Crippen LogP contribution is -2.46. The predicted molar refractivity (Wildman–Crippen MR) is 115 cm³/mol. The quantitative estimate of drug-likeness (QED) is 0.506. The van der Waals surface area contributed by atoms with Crippen LogP contribution < -0.4 is 20.1 Å². The molecule has 34 heavy (non-hydrogen) atoms. The normalized spacial score (nSPS) is 17.1. The van der Waals surface area contributed by atoms with Gasteiger partial charge in [-0.2, -0.15) is 13.2 Å². The Balaban J connectivity index is 1.56. The van der Waals surface area contributed by atoms with Crippen LogP contribution in [0.3, 0.4) is 0 Å². The Morgan fingerprint density at radius 2 is 1.53 bits per heavy atom. The first kappa shape index (κ1) is 23.1. The van der Waals surface area contributed by atoms with Crippen molar-refractivity contribution >= 4 is 23.2 Å². The van der Waals surface area contributed by atoms with Crippen LogP contribution in [0.1, 0.15) is 22.8 Å². The molecule has 2 unspecified atom stereocenters. The van der Waals surface area contributed by atoms with E-state index < -0.39 is 47.3 Å². The molecule has 3 aromatic carbocycles. The van der Waals surface area contributed by atoms with E-state index in [0.717, 1.165) is 12.1 Å². The summed E-state index contributed by atoms with van der Waals surface area (Å²) in [5, 5.41) is 4.47. The van der Waals surface area contributed by atoms with Crippen molar-refractivity contribution in [2.24, 2.45) is 0 Å². The fourth-order valence-electron chi connectivity index (χ4n) is 3.42. The van der Waals surface area contributed by atoms with Crippen LogP contribution in [0.2, 0.25) is 0 Å². The molecule has 1 heterocycles. The number of carbonyl (C=O) groups is 2. The molecule has 1 aliphatic rings. The molecule has 0 bridgehead atoms. The zero-order valence-corrected chi connectivity index (χ0v) is 17.7. The van der Waals surface area contributed by atoms with Crippen LogP contribution in [-0.2, 0) is 11.0 Å². The van der Waals surface area contributed by atoms with Gasteiger partial charge in [-0.25, -0.2) is 4.39 Å². The predicted octanol–water partition coefficient (Wildman–Crippen LogP) is 5.26. The van der Waals surface area contributed by atoms with E-state index in [1.165, 1.54) is 24.3 Å². The summed E-state index contributed by atoms with van der Waals surface area (Å²) in [7, 11) is 0. The van der Waals surface area contributed by atoms with Gasteiger partial charge in [0.2, 0.25) is 6.10 Å². The van der Waals surface area contributed by atoms with Crippen LogP contribution in [0.4, 0.5) is 28.9 Å². The van der Waals surface area contributed by atoms with E-state index in [0.29, 0.717) is 17.6 Å². The summed E-state index contributed by atoms with van der Waals surface area (Å²) in [6.45, 7) is 1.56. The lowest BCUT2D eigenvalue weighted by molar-refractivity contribution is -0.137. The highest BCUT2D eigenvalue weighted by molar-refractivity contribution is 6.04. The third kappa shape index (κ3) is 4.80. The molecule has 0 aliphatic carbocycles. The van der Waals surface area contributed by atoms with Crippen molar-refractivity contribution in [2.45, 2.75) is 25.3 Å². The number of para-hydroxylation sites is 2. The van der Waals surface area contributed by atoms with Crippen LogP contribution in [-0.4, -0.2) is 24.0 Å². The number of nitrogens with one attached hydrogen (secondary N) is 2. The van der Waals surface area contributed by atoms with Crippen LogP contribution in [0.5, 0.6) is 11.5 Å². The van der Waals surface area contributed by atoms with Gasteiger partial charge in [-0.1, -0.05) is 24.3 Å². The number of halogens is 4. The maximum absolute atomic E-state index is 13.8. The van der Waals surface area contributed by atoms with Crippen molar-refractivity contribution in [2.75, 3.05) is 10.6 Å². The molecular weight excluding hydrogens is 456 g/mol. The molecule has 176 valence electrons. The molecule has 0 fully saturated rings. The minimum Gasteiger partial charge on any atom is -0.482 e. The fraction of sp³-hybridized carbons (Fsp3) is 0.167. The summed E-state index contributed by atoms with van der Waals surface area (Å²) in [5.41, 5.74) is -2.27. The largest absolute Gasteiger partial charge is 0.482 e. The van der Waals surface area contributed by atoms with Gasteiger partial charge in [0.1, 0.15) is 11.9 Å². The lowest BCUT2D eigenvalue weighted by Gasteiger charge is -2.31. The first-order chi connectivity index (χ1) is 16.1. The minimum absolute atomic E-state index is 0.224. The number of carbonyl (C=O) groups excluding carboxylic acids is 2. The van der Waals surface area contributed by atoms with Crippen molar-refractivity contribution in [3.8, 4) is 11.5 Å². The first-order valence-electron chi connectivity index (χ1n) is 10.1. The molecule has 2 atom stereocenters. The molecule has 2 amide bonds. The Labute approximate surface area is 191 Å². The molecule has 0 spiro atoms. The van der Waals surface area contributed by atoms with Gasteiger partial charge >= 0.3 is 6.18 Å². The minimum atomic E-state index is -4.86. The van der Waals surface area contributed by atoms with Crippen LogP contribution in [0.25, 0.3) is 0 Å². The van der Waals surface area contributed by atoms with Gasteiger partial charge < -0.3 is 20.1 Å². The van der Waals surface area contributed by atoms with Crippen molar-refractivity contribution < 1.29 is 36.6 Å². The summed E-state index contributed by atoms with van der Waals surface area (Å²) >= 11 is 0. The standard InChI is InChI=1S/C24H18F4N2O4/c1-13-21(34-20-9-5-4-8-19(20)33-13)23(32)30-18-11-10-14(12-16(18)24(26,27)28)29-22(31)15-6-2-3-7-17(15)25/h2-13,21H,1H3,(H,29,31)(H,30,32). The van der Waals surface area contributed by atoms with Gasteiger partial charge in [0.15, 0.2) is 11.5 Å². The zero-order valence-electron chi connectivity index (χ0n) is 17.7. The fourth-order valence-corrected chi connectivity index (χ4v) is 3.42. The van der Waals surface area contributed by atoms with Gasteiger partial charge in [0, 0.05) is 5.69 Å². The zero-order chi connectivity index (χ0) is 24.5. The highest BCUT2D eigenvalue weighted by Crippen LogP contribution is 2.38. The summed E-state index contributed by atoms with van der Waals surface area (Å²) in [6, 6.07) is 14.5. The van der Waals surface area contributed by atoms with E-state index in [9.17, 15) is 27.2 Å². The summed E-state index contributed by atoms with van der Waals surface area (Å²) in [4.78, 5) is 25.0. The van der Waals surface area contributed by atoms with Gasteiger partial charge in [-0.15, -0.1) is 0 Å². The van der Waals surface area contributed by atoms with Gasteiger partial charge in [0.25, 0.3) is 11.8 Å². The Bertz CT molecular complexity index is 1250. The number of benzene rings is 3. The second-order valence-corrected chi connectivity index (χ2v) is 7.49. The number of ether oxygens (including phenoxy) is 2. The number of hydrogen-bond acceptors (Lipinski definition) is 4. The molecule has 0 saturated carbocycles. The Kier molecular flexibility index (Phi) is 6.14. The summed E-state index contributed by atoms with van der Waals surface area (Å²) in [5.74, 6) is -1.85. The molecule has 0 radical (unpaired) electrons. The Morgan fingerprint density at radius 1 is 0.882 bits per heavy atom. The number of anilines is 2. The number of rotatable bonds is 4. The lowest BCUT2D eigenvalue weighted by atomic mass is 10.1. The van der Waals surface area contributed by atoms with Crippen molar-refractivity contribution in [3.05, 3.63) is 83.7 Å². The smallest absolute Gasteiger partial charge is 0.418 e. The average Bonchev–Trinajstić information content (AvgIpc) is 2.79. The van der Waals surface area contributed by atoms with Crippen LogP contribution >= 0.6 is 0 Å². The molecule has 3 aromatic rings. The van der Waals surface area contributed by atoms with Gasteiger partial charge in [-0.05, 0) is 49.4 Å². The number of hydrogen-bond donors (Lipinski definition) is 2. The van der Waals surface area contributed by atoms with Crippen LogP contribution in [0.15, 0.2) is 66.7 Å². The second-order valence-electron chi connectivity index (χ2n) is 7.49. The van der Waals surface area contributed by atoms with E-state index in [4.69, 9.17) is 9.47 Å². The number of fused-ring (bicyclic) bond motifs is 1. The highest BCUT2D eigenvalue weighted by Gasteiger charge is 2.38. The van der Waals surface area contributed by atoms with E-state index in [-0.39, 0.29) is 11.3 Å². The number of alkyl halides is 3. The molecule has 1 aliphatic heterocycles. The summed E-state index contributed by atoms with van der Waals surface area (Å²) in [6.07, 6.45) is -6.82.